The molecule has 2 rings (SSSR count). The molecule has 0 bridgehead atoms. The van der Waals surface area contributed by atoms with Gasteiger partial charge in [0.15, 0.2) is 0 Å². The van der Waals surface area contributed by atoms with Crippen LogP contribution in [-0.2, 0) is 4.79 Å². The van der Waals surface area contributed by atoms with E-state index < -0.39 is 0 Å². The Kier molecular flexibility index (Phi) is 6.90. The molecule has 1 aromatic carbocycles. The summed E-state index contributed by atoms with van der Waals surface area (Å²) in [5.74, 6) is 1.77. The summed E-state index contributed by atoms with van der Waals surface area (Å²) in [5.41, 5.74) is 2.51. The highest BCUT2D eigenvalue weighted by Gasteiger charge is 2.22. The fourth-order valence-corrected chi connectivity index (χ4v) is 3.12. The second-order valence-electron chi connectivity index (χ2n) is 6.60. The molecule has 1 aromatic rings. The van der Waals surface area contributed by atoms with Crippen molar-refractivity contribution in [1.29, 1.82) is 0 Å². The maximum atomic E-state index is 12.3. The van der Waals surface area contributed by atoms with E-state index in [1.54, 1.807) is 0 Å². The summed E-state index contributed by atoms with van der Waals surface area (Å²) >= 11 is 0. The van der Waals surface area contributed by atoms with Gasteiger partial charge in [-0.3, -0.25) is 4.79 Å². The average molecular weight is 318 g/mol. The van der Waals surface area contributed by atoms with E-state index in [-0.39, 0.29) is 5.91 Å². The number of carbonyl (C=O) groups excluding carboxylic acids is 1. The van der Waals surface area contributed by atoms with Gasteiger partial charge in [0.1, 0.15) is 5.75 Å². The van der Waals surface area contributed by atoms with Gasteiger partial charge in [-0.1, -0.05) is 6.07 Å². The largest absolute Gasteiger partial charge is 0.494 e. The van der Waals surface area contributed by atoms with Crippen LogP contribution in [0.15, 0.2) is 18.2 Å². The topological polar surface area (TPSA) is 41.6 Å². The molecular formula is C19H30N2O2. The normalized spacial score (nSPS) is 18.0. The fourth-order valence-electron chi connectivity index (χ4n) is 3.12. The zero-order valence-electron chi connectivity index (χ0n) is 14.7. The van der Waals surface area contributed by atoms with Crippen LogP contribution < -0.4 is 10.1 Å². The molecule has 1 amide bonds. The maximum absolute atomic E-state index is 12.3. The van der Waals surface area contributed by atoms with Crippen LogP contribution in [0.25, 0.3) is 0 Å². The first-order valence-corrected chi connectivity index (χ1v) is 8.72. The Morgan fingerprint density at radius 1 is 1.35 bits per heavy atom. The first-order chi connectivity index (χ1) is 11.1. The number of carbonyl (C=O) groups is 1. The van der Waals surface area contributed by atoms with E-state index in [9.17, 15) is 4.79 Å². The lowest BCUT2D eigenvalue weighted by Gasteiger charge is -2.32. The number of nitrogens with zero attached hydrogens (tertiary/aromatic N) is 1. The summed E-state index contributed by atoms with van der Waals surface area (Å²) in [4.78, 5) is 14.3. The summed E-state index contributed by atoms with van der Waals surface area (Å²) < 4.78 is 5.76. The van der Waals surface area contributed by atoms with E-state index in [2.05, 4.69) is 31.3 Å². The van der Waals surface area contributed by atoms with Crippen LogP contribution in [-0.4, -0.2) is 44.1 Å². The van der Waals surface area contributed by atoms with Crippen LogP contribution in [0.3, 0.4) is 0 Å². The van der Waals surface area contributed by atoms with Crippen molar-refractivity contribution in [3.05, 3.63) is 29.3 Å². The Balaban J connectivity index is 1.69. The monoisotopic (exact) mass is 318 g/mol. The van der Waals surface area contributed by atoms with Crippen LogP contribution in [0.2, 0.25) is 0 Å². The lowest BCUT2D eigenvalue weighted by Crippen LogP contribution is -2.42. The van der Waals surface area contributed by atoms with Gasteiger partial charge in [-0.2, -0.15) is 0 Å². The molecule has 0 aliphatic carbocycles. The summed E-state index contributed by atoms with van der Waals surface area (Å²) in [7, 11) is 1.98. The van der Waals surface area contributed by atoms with Crippen molar-refractivity contribution in [1.82, 2.24) is 10.2 Å². The minimum Gasteiger partial charge on any atom is -0.494 e. The van der Waals surface area contributed by atoms with Gasteiger partial charge in [-0.05, 0) is 75.9 Å². The SMILES string of the molecule is CNC[C@H]1CCCN(C(=O)CCCOc2ccc(C)c(C)c2)C1. The molecule has 1 heterocycles. The number of piperidine rings is 1. The fraction of sp³-hybridized carbons (Fsp3) is 0.632. The molecule has 1 aliphatic heterocycles. The minimum atomic E-state index is 0.273. The minimum absolute atomic E-state index is 0.273. The molecule has 1 N–H and O–H groups in total. The number of hydrogen-bond donors (Lipinski definition) is 1. The molecule has 1 aliphatic rings. The van der Waals surface area contributed by atoms with Crippen LogP contribution in [0, 0.1) is 19.8 Å². The number of ether oxygens (including phenoxy) is 1. The van der Waals surface area contributed by atoms with Crippen molar-refractivity contribution in [2.24, 2.45) is 5.92 Å². The van der Waals surface area contributed by atoms with Crippen molar-refractivity contribution in [2.75, 3.05) is 33.3 Å². The molecule has 1 atom stereocenters. The summed E-state index contributed by atoms with van der Waals surface area (Å²) in [6, 6.07) is 6.13. The van der Waals surface area contributed by atoms with Crippen LogP contribution >= 0.6 is 0 Å². The molecule has 128 valence electrons. The standard InChI is InChI=1S/C19H30N2O2/c1-15-8-9-18(12-16(15)2)23-11-5-7-19(22)21-10-4-6-17(14-21)13-20-3/h8-9,12,17,20H,4-7,10-11,13-14H2,1-3H3/t17-/m1/s1. The third-order valence-electron chi connectivity index (χ3n) is 4.65. The number of rotatable bonds is 7. The number of nitrogens with one attached hydrogen (secondary N) is 1. The van der Waals surface area contributed by atoms with Gasteiger partial charge in [-0.25, -0.2) is 0 Å². The van der Waals surface area contributed by atoms with Crippen molar-refractivity contribution in [3.63, 3.8) is 0 Å². The Bertz CT molecular complexity index is 514. The van der Waals surface area contributed by atoms with E-state index in [4.69, 9.17) is 4.74 Å². The van der Waals surface area contributed by atoms with Crippen LogP contribution in [0.5, 0.6) is 5.75 Å². The third-order valence-corrected chi connectivity index (χ3v) is 4.65. The van der Waals surface area contributed by atoms with Crippen molar-refractivity contribution >= 4 is 5.91 Å². The molecular weight excluding hydrogens is 288 g/mol. The van der Waals surface area contributed by atoms with E-state index in [0.717, 1.165) is 38.2 Å². The third kappa shape index (κ3) is 5.54. The number of aryl methyl sites for hydroxylation is 2. The van der Waals surface area contributed by atoms with Crippen molar-refractivity contribution in [2.45, 2.75) is 39.5 Å². The molecule has 0 spiro atoms. The molecule has 23 heavy (non-hydrogen) atoms. The van der Waals surface area contributed by atoms with E-state index in [0.29, 0.717) is 18.9 Å². The van der Waals surface area contributed by atoms with Gasteiger partial charge < -0.3 is 15.0 Å². The summed E-state index contributed by atoms with van der Waals surface area (Å²) in [6.45, 7) is 7.60. The van der Waals surface area contributed by atoms with E-state index in [1.165, 1.54) is 17.5 Å². The Morgan fingerprint density at radius 2 is 2.17 bits per heavy atom. The van der Waals surface area contributed by atoms with Crippen molar-refractivity contribution in [3.8, 4) is 5.75 Å². The molecule has 0 unspecified atom stereocenters. The number of amides is 1. The van der Waals surface area contributed by atoms with E-state index >= 15 is 0 Å². The highest BCUT2D eigenvalue weighted by atomic mass is 16.5. The highest BCUT2D eigenvalue weighted by molar-refractivity contribution is 5.76. The second-order valence-corrected chi connectivity index (χ2v) is 6.60. The van der Waals surface area contributed by atoms with Gasteiger partial charge in [0.05, 0.1) is 6.61 Å². The summed E-state index contributed by atoms with van der Waals surface area (Å²) in [6.07, 6.45) is 3.70. The van der Waals surface area contributed by atoms with Gasteiger partial charge in [0, 0.05) is 19.5 Å². The summed E-state index contributed by atoms with van der Waals surface area (Å²) in [5, 5.41) is 3.22. The predicted octanol–water partition coefficient (Wildman–Crippen LogP) is 2.92. The highest BCUT2D eigenvalue weighted by Crippen LogP contribution is 2.18. The van der Waals surface area contributed by atoms with Crippen LogP contribution in [0.1, 0.15) is 36.8 Å². The number of hydrogen-bond acceptors (Lipinski definition) is 3. The smallest absolute Gasteiger partial charge is 0.222 e. The van der Waals surface area contributed by atoms with Gasteiger partial charge in [-0.15, -0.1) is 0 Å². The van der Waals surface area contributed by atoms with Crippen molar-refractivity contribution < 1.29 is 9.53 Å². The molecule has 1 saturated heterocycles. The Labute approximate surface area is 140 Å². The average Bonchev–Trinajstić information content (AvgIpc) is 2.55. The van der Waals surface area contributed by atoms with Gasteiger partial charge in [0.2, 0.25) is 5.91 Å². The molecule has 4 nitrogen and oxygen atoms in total. The molecule has 0 aromatic heterocycles. The lowest BCUT2D eigenvalue weighted by atomic mass is 9.97. The molecule has 0 radical (unpaired) electrons. The zero-order chi connectivity index (χ0) is 16.7. The maximum Gasteiger partial charge on any atom is 0.222 e. The Morgan fingerprint density at radius 3 is 2.91 bits per heavy atom. The van der Waals surface area contributed by atoms with Gasteiger partial charge in [0.25, 0.3) is 0 Å². The van der Waals surface area contributed by atoms with Gasteiger partial charge >= 0.3 is 0 Å². The molecule has 1 fully saturated rings. The number of benzene rings is 1. The number of likely N-dealkylation sites (tertiary alicyclic amines) is 1. The molecule has 4 heteroatoms. The quantitative estimate of drug-likeness (QED) is 0.786. The second kappa shape index (κ2) is 8.92. The van der Waals surface area contributed by atoms with E-state index in [1.807, 2.05) is 18.0 Å². The first kappa shape index (κ1) is 17.8. The lowest BCUT2D eigenvalue weighted by molar-refractivity contribution is -0.133. The Hall–Kier alpha value is -1.55. The zero-order valence-corrected chi connectivity index (χ0v) is 14.7. The first-order valence-electron chi connectivity index (χ1n) is 8.72. The predicted molar refractivity (Wildman–Crippen MR) is 93.9 cm³/mol. The molecule has 0 saturated carbocycles. The van der Waals surface area contributed by atoms with Crippen LogP contribution in [0.4, 0.5) is 0 Å².